The lowest BCUT2D eigenvalue weighted by Crippen LogP contribution is -2.16. The summed E-state index contributed by atoms with van der Waals surface area (Å²) in [6, 6.07) is 16.3. The maximum Gasteiger partial charge on any atom is 0.573 e. The van der Waals surface area contributed by atoms with Gasteiger partial charge in [0.1, 0.15) is 23.0 Å². The Bertz CT molecular complexity index is 1320. The highest BCUT2D eigenvalue weighted by atomic mass is 35.5. The largest absolute Gasteiger partial charge is 0.573 e. The van der Waals surface area contributed by atoms with Crippen molar-refractivity contribution in [2.24, 2.45) is 0 Å². The van der Waals surface area contributed by atoms with E-state index in [1.54, 1.807) is 12.1 Å². The van der Waals surface area contributed by atoms with Gasteiger partial charge in [-0.3, -0.25) is 4.98 Å². The Balaban J connectivity index is 1.64. The number of nitrogens with zero attached hydrogens (tertiary/aromatic N) is 1. The molecule has 0 saturated carbocycles. The van der Waals surface area contributed by atoms with Crippen LogP contribution in [0.3, 0.4) is 0 Å². The fraction of sp³-hybridized carbons (Fsp3) is 0.192. The van der Waals surface area contributed by atoms with Crippen molar-refractivity contribution in [3.8, 4) is 34.1 Å². The number of aromatic nitrogens is 1. The van der Waals surface area contributed by atoms with Crippen LogP contribution in [0, 0.1) is 13.8 Å². The molecule has 4 rings (SSSR count). The summed E-state index contributed by atoms with van der Waals surface area (Å²) < 4.78 is 52.6. The van der Waals surface area contributed by atoms with E-state index in [0.717, 1.165) is 33.3 Å². The van der Waals surface area contributed by atoms with E-state index in [-0.39, 0.29) is 5.75 Å². The van der Waals surface area contributed by atoms with Gasteiger partial charge in [0.05, 0.1) is 12.1 Å². The van der Waals surface area contributed by atoms with Crippen molar-refractivity contribution in [2.45, 2.75) is 27.1 Å². The van der Waals surface area contributed by atoms with E-state index in [1.807, 2.05) is 45.0 Å². The second-order valence-corrected chi connectivity index (χ2v) is 8.01. The zero-order chi connectivity index (χ0) is 24.5. The third-order valence-corrected chi connectivity index (χ3v) is 5.53. The quantitative estimate of drug-likeness (QED) is 0.274. The molecule has 1 heterocycles. The Labute approximate surface area is 199 Å². The van der Waals surface area contributed by atoms with Crippen LogP contribution in [0.25, 0.3) is 22.0 Å². The van der Waals surface area contributed by atoms with E-state index in [1.165, 1.54) is 24.3 Å². The molecule has 1 aromatic heterocycles. The first-order valence-corrected chi connectivity index (χ1v) is 10.9. The van der Waals surface area contributed by atoms with Gasteiger partial charge in [-0.25, -0.2) is 0 Å². The third kappa shape index (κ3) is 5.20. The van der Waals surface area contributed by atoms with Crippen LogP contribution in [-0.4, -0.2) is 18.0 Å². The first-order valence-electron chi connectivity index (χ1n) is 10.5. The van der Waals surface area contributed by atoms with Crippen LogP contribution in [0.5, 0.6) is 23.0 Å². The fourth-order valence-corrected chi connectivity index (χ4v) is 3.81. The van der Waals surface area contributed by atoms with E-state index in [4.69, 9.17) is 26.1 Å². The monoisotopic (exact) mass is 487 g/mol. The number of pyridine rings is 1. The fourth-order valence-electron chi connectivity index (χ4n) is 3.65. The highest BCUT2D eigenvalue weighted by molar-refractivity contribution is 6.32. The summed E-state index contributed by atoms with van der Waals surface area (Å²) in [6.07, 6.45) is -4.74. The van der Waals surface area contributed by atoms with Crippen LogP contribution >= 0.6 is 11.6 Å². The summed E-state index contributed by atoms with van der Waals surface area (Å²) >= 11 is 6.37. The van der Waals surface area contributed by atoms with Gasteiger partial charge in [-0.2, -0.15) is 0 Å². The third-order valence-electron chi connectivity index (χ3n) is 5.12. The molecule has 0 atom stereocenters. The molecule has 0 saturated heterocycles. The minimum absolute atomic E-state index is 0.312. The first-order chi connectivity index (χ1) is 16.1. The molecule has 8 heteroatoms. The van der Waals surface area contributed by atoms with Gasteiger partial charge >= 0.3 is 6.36 Å². The molecule has 0 bridgehead atoms. The molecule has 0 aliphatic rings. The van der Waals surface area contributed by atoms with Gasteiger partial charge in [0.2, 0.25) is 0 Å². The van der Waals surface area contributed by atoms with E-state index in [2.05, 4.69) is 4.74 Å². The van der Waals surface area contributed by atoms with Crippen LogP contribution in [0.2, 0.25) is 5.02 Å². The van der Waals surface area contributed by atoms with Crippen molar-refractivity contribution >= 4 is 22.5 Å². The van der Waals surface area contributed by atoms with Gasteiger partial charge in [0.25, 0.3) is 0 Å². The molecule has 3 aromatic carbocycles. The minimum atomic E-state index is -4.74. The van der Waals surface area contributed by atoms with Crippen molar-refractivity contribution in [2.75, 3.05) is 6.61 Å². The number of ether oxygens (including phenoxy) is 3. The van der Waals surface area contributed by atoms with Gasteiger partial charge in [0.15, 0.2) is 0 Å². The van der Waals surface area contributed by atoms with Gasteiger partial charge < -0.3 is 14.2 Å². The van der Waals surface area contributed by atoms with Gasteiger partial charge in [0, 0.05) is 21.7 Å². The van der Waals surface area contributed by atoms with Crippen LogP contribution in [0.1, 0.15) is 18.2 Å². The molecule has 0 spiro atoms. The van der Waals surface area contributed by atoms with E-state index in [0.29, 0.717) is 28.9 Å². The average molecular weight is 488 g/mol. The van der Waals surface area contributed by atoms with E-state index >= 15 is 0 Å². The van der Waals surface area contributed by atoms with Crippen molar-refractivity contribution in [1.29, 1.82) is 0 Å². The lowest BCUT2D eigenvalue weighted by molar-refractivity contribution is -0.274. The van der Waals surface area contributed by atoms with Crippen LogP contribution in [0.15, 0.2) is 60.7 Å². The number of benzene rings is 3. The second-order valence-electron chi connectivity index (χ2n) is 7.60. The Kier molecular flexibility index (Phi) is 6.57. The SMILES string of the molecule is CCOc1c(-c2ccc(Oc3ccc(OC(F)(F)F)cc3)cc2)c(C)nc2cc(C)c(Cl)cc12. The standard InChI is InChI=1S/C26H21ClF3NO3/c1-4-32-25-21-14-22(27)15(2)13-23(21)31-16(3)24(25)17-5-7-18(8-6-17)33-19-9-11-20(12-10-19)34-26(28,29)30/h5-14H,4H2,1-3H3. The molecule has 176 valence electrons. The molecular weight excluding hydrogens is 467 g/mol. The van der Waals surface area contributed by atoms with Crippen LogP contribution in [0.4, 0.5) is 13.2 Å². The zero-order valence-electron chi connectivity index (χ0n) is 18.7. The van der Waals surface area contributed by atoms with Crippen molar-refractivity contribution < 1.29 is 27.4 Å². The maximum atomic E-state index is 12.3. The van der Waals surface area contributed by atoms with Gasteiger partial charge in [-0.05, 0) is 80.4 Å². The topological polar surface area (TPSA) is 40.6 Å². The van der Waals surface area contributed by atoms with E-state index in [9.17, 15) is 13.2 Å². The van der Waals surface area contributed by atoms with Crippen LogP contribution < -0.4 is 14.2 Å². The smallest absolute Gasteiger partial charge is 0.492 e. The Morgan fingerprint density at radius 1 is 0.882 bits per heavy atom. The lowest BCUT2D eigenvalue weighted by Gasteiger charge is -2.17. The molecule has 0 amide bonds. The highest BCUT2D eigenvalue weighted by Gasteiger charge is 2.31. The highest BCUT2D eigenvalue weighted by Crippen LogP contribution is 2.40. The summed E-state index contributed by atoms with van der Waals surface area (Å²) in [5.41, 5.74) is 4.30. The molecule has 0 radical (unpaired) electrons. The average Bonchev–Trinajstić information content (AvgIpc) is 2.77. The number of fused-ring (bicyclic) bond motifs is 1. The minimum Gasteiger partial charge on any atom is -0.492 e. The Morgan fingerprint density at radius 3 is 2.06 bits per heavy atom. The molecule has 0 aliphatic heterocycles. The van der Waals surface area contributed by atoms with Crippen molar-refractivity contribution in [3.63, 3.8) is 0 Å². The summed E-state index contributed by atoms with van der Waals surface area (Å²) in [5, 5.41) is 1.47. The summed E-state index contributed by atoms with van der Waals surface area (Å²) in [5.74, 6) is 1.30. The summed E-state index contributed by atoms with van der Waals surface area (Å²) in [7, 11) is 0. The molecule has 0 N–H and O–H groups in total. The Hall–Kier alpha value is -3.45. The number of alkyl halides is 3. The number of rotatable bonds is 6. The molecule has 4 nitrogen and oxygen atoms in total. The zero-order valence-corrected chi connectivity index (χ0v) is 19.4. The number of halogens is 4. The summed E-state index contributed by atoms with van der Waals surface area (Å²) in [4.78, 5) is 4.76. The molecular formula is C26H21ClF3NO3. The summed E-state index contributed by atoms with van der Waals surface area (Å²) in [6.45, 7) is 6.26. The number of hydrogen-bond acceptors (Lipinski definition) is 4. The first kappa shape index (κ1) is 23.7. The number of aryl methyl sites for hydroxylation is 2. The molecule has 0 unspecified atom stereocenters. The molecule has 0 fully saturated rings. The molecule has 34 heavy (non-hydrogen) atoms. The lowest BCUT2D eigenvalue weighted by atomic mass is 9.99. The molecule has 0 aliphatic carbocycles. The second kappa shape index (κ2) is 9.43. The Morgan fingerprint density at radius 2 is 1.47 bits per heavy atom. The van der Waals surface area contributed by atoms with Crippen molar-refractivity contribution in [3.05, 3.63) is 76.9 Å². The van der Waals surface area contributed by atoms with E-state index < -0.39 is 6.36 Å². The number of hydrogen-bond donors (Lipinski definition) is 0. The van der Waals surface area contributed by atoms with Gasteiger partial charge in [-0.15, -0.1) is 13.2 Å². The molecule has 4 aromatic rings. The van der Waals surface area contributed by atoms with Crippen molar-refractivity contribution in [1.82, 2.24) is 4.98 Å². The van der Waals surface area contributed by atoms with Crippen LogP contribution in [-0.2, 0) is 0 Å². The normalized spacial score (nSPS) is 11.5. The predicted octanol–water partition coefficient (Wildman–Crippen LogP) is 8.26. The predicted molar refractivity (Wildman–Crippen MR) is 126 cm³/mol. The van der Waals surface area contributed by atoms with Gasteiger partial charge in [-0.1, -0.05) is 23.7 Å². The maximum absolute atomic E-state index is 12.3.